The van der Waals surface area contributed by atoms with Gasteiger partial charge >= 0.3 is 6.09 Å². The molecule has 0 bridgehead atoms. The maximum Gasteiger partial charge on any atom is 0.408 e. The number of carbonyl (C=O) groups excluding carboxylic acids is 1. The van der Waals surface area contributed by atoms with Crippen LogP contribution in [0.2, 0.25) is 0 Å². The number of nitrogens with zero attached hydrogens (tertiary/aromatic N) is 1. The SMILES string of the molecule is COC(C)(C)C(O)CN=C1N[C@H](C)[C@H](c2ccccc2)C[C@@H]1NC(=O)OC(C)(C)C. The lowest BCUT2D eigenvalue weighted by molar-refractivity contribution is -0.0724. The van der Waals surface area contributed by atoms with Crippen LogP contribution in [0.5, 0.6) is 0 Å². The van der Waals surface area contributed by atoms with Gasteiger partial charge in [-0.2, -0.15) is 0 Å². The predicted octanol–water partition coefficient (Wildman–Crippen LogP) is 3.23. The predicted molar refractivity (Wildman–Crippen MR) is 119 cm³/mol. The summed E-state index contributed by atoms with van der Waals surface area (Å²) in [5.41, 5.74) is -0.104. The molecule has 0 aromatic heterocycles. The van der Waals surface area contributed by atoms with Crippen LogP contribution in [0.4, 0.5) is 4.79 Å². The zero-order chi connectivity index (χ0) is 22.5. The molecule has 3 N–H and O–H groups in total. The molecule has 0 radical (unpaired) electrons. The van der Waals surface area contributed by atoms with Crippen molar-refractivity contribution in [2.24, 2.45) is 4.99 Å². The molecule has 1 unspecified atom stereocenters. The second kappa shape index (κ2) is 9.79. The van der Waals surface area contributed by atoms with Gasteiger partial charge in [-0.05, 0) is 53.5 Å². The first kappa shape index (κ1) is 24.2. The molecular formula is C23H37N3O4. The minimum Gasteiger partial charge on any atom is -0.444 e. The van der Waals surface area contributed by atoms with Crippen molar-refractivity contribution < 1.29 is 19.4 Å². The first-order valence-corrected chi connectivity index (χ1v) is 10.5. The molecule has 1 aromatic carbocycles. The zero-order valence-corrected chi connectivity index (χ0v) is 19.2. The van der Waals surface area contributed by atoms with Crippen molar-refractivity contribution in [1.29, 1.82) is 0 Å². The average Bonchev–Trinajstić information content (AvgIpc) is 2.66. The molecule has 1 fully saturated rings. The van der Waals surface area contributed by atoms with Gasteiger partial charge in [-0.1, -0.05) is 30.3 Å². The van der Waals surface area contributed by atoms with Crippen molar-refractivity contribution in [2.45, 2.75) is 83.3 Å². The number of carbonyl (C=O) groups is 1. The van der Waals surface area contributed by atoms with Crippen LogP contribution in [0, 0.1) is 0 Å². The van der Waals surface area contributed by atoms with Gasteiger partial charge in [-0.3, -0.25) is 4.99 Å². The summed E-state index contributed by atoms with van der Waals surface area (Å²) in [6.07, 6.45) is -0.581. The number of hydrogen-bond acceptors (Lipinski definition) is 5. The number of aliphatic hydroxyl groups is 1. The second-order valence-electron chi connectivity index (χ2n) is 9.43. The topological polar surface area (TPSA) is 92.2 Å². The smallest absolute Gasteiger partial charge is 0.408 e. The van der Waals surface area contributed by atoms with E-state index in [1.54, 1.807) is 7.11 Å². The minimum absolute atomic E-state index is 0.121. The number of alkyl carbamates (subject to hydrolysis) is 1. The molecule has 2 rings (SSSR count). The monoisotopic (exact) mass is 419 g/mol. The number of ether oxygens (including phenoxy) is 2. The van der Waals surface area contributed by atoms with E-state index in [-0.39, 0.29) is 24.5 Å². The van der Waals surface area contributed by atoms with Crippen LogP contribution < -0.4 is 10.6 Å². The summed E-state index contributed by atoms with van der Waals surface area (Å²) < 4.78 is 10.8. The molecule has 30 heavy (non-hydrogen) atoms. The number of aliphatic hydroxyl groups excluding tert-OH is 1. The Bertz CT molecular complexity index is 728. The Kier molecular flexibility index (Phi) is 7.88. The van der Waals surface area contributed by atoms with Gasteiger partial charge in [0.25, 0.3) is 0 Å². The molecule has 1 aliphatic heterocycles. The number of amides is 1. The minimum atomic E-state index is -0.777. The summed E-state index contributed by atoms with van der Waals surface area (Å²) in [6.45, 7) is 11.4. The highest BCUT2D eigenvalue weighted by Gasteiger charge is 2.35. The fourth-order valence-electron chi connectivity index (χ4n) is 3.40. The fraction of sp³-hybridized carbons (Fsp3) is 0.652. The van der Waals surface area contributed by atoms with E-state index < -0.39 is 23.4 Å². The van der Waals surface area contributed by atoms with Gasteiger partial charge in [0.15, 0.2) is 0 Å². The van der Waals surface area contributed by atoms with Crippen molar-refractivity contribution >= 4 is 11.9 Å². The second-order valence-corrected chi connectivity index (χ2v) is 9.43. The highest BCUT2D eigenvalue weighted by Crippen LogP contribution is 2.29. The van der Waals surface area contributed by atoms with Crippen molar-refractivity contribution in [3.05, 3.63) is 35.9 Å². The van der Waals surface area contributed by atoms with E-state index in [1.807, 2.05) is 52.8 Å². The number of aliphatic imine (C=N–C) groups is 1. The molecule has 7 heteroatoms. The van der Waals surface area contributed by atoms with Gasteiger partial charge < -0.3 is 25.2 Å². The molecule has 1 saturated heterocycles. The van der Waals surface area contributed by atoms with Crippen LogP contribution in [-0.2, 0) is 9.47 Å². The number of nitrogens with one attached hydrogen (secondary N) is 2. The maximum absolute atomic E-state index is 12.5. The highest BCUT2D eigenvalue weighted by atomic mass is 16.6. The van der Waals surface area contributed by atoms with Gasteiger partial charge in [0, 0.05) is 19.1 Å². The summed E-state index contributed by atoms with van der Waals surface area (Å²) in [6, 6.07) is 10.00. The molecule has 1 aliphatic rings. The van der Waals surface area contributed by atoms with E-state index >= 15 is 0 Å². The standard InChI is InChI=1S/C23H37N3O4/c1-15-17(16-11-9-8-10-12-16)13-18(26-21(28)30-22(2,3)4)20(25-15)24-14-19(27)23(5,6)29-7/h8-12,15,17-19,27H,13-14H2,1-7H3,(H,24,25)(H,26,28)/t15-,17-,18+,19?/m1/s1. The number of methoxy groups -OCH3 is 1. The van der Waals surface area contributed by atoms with E-state index in [2.05, 4.69) is 34.7 Å². The summed E-state index contributed by atoms with van der Waals surface area (Å²) in [4.78, 5) is 17.1. The van der Waals surface area contributed by atoms with E-state index in [4.69, 9.17) is 9.47 Å². The van der Waals surface area contributed by atoms with Gasteiger partial charge in [0.1, 0.15) is 17.5 Å². The quantitative estimate of drug-likeness (QED) is 0.658. The summed E-state index contributed by atoms with van der Waals surface area (Å²) in [7, 11) is 1.56. The van der Waals surface area contributed by atoms with Crippen LogP contribution in [-0.4, -0.2) is 60.1 Å². The lowest BCUT2D eigenvalue weighted by Gasteiger charge is -2.38. The molecule has 0 spiro atoms. The fourth-order valence-corrected chi connectivity index (χ4v) is 3.40. The molecule has 4 atom stereocenters. The third-order valence-electron chi connectivity index (χ3n) is 5.48. The van der Waals surface area contributed by atoms with Gasteiger partial charge in [-0.25, -0.2) is 4.79 Å². The molecule has 1 aromatic rings. The number of hydrogen-bond donors (Lipinski definition) is 3. The molecule has 168 valence electrons. The van der Waals surface area contributed by atoms with E-state index in [0.29, 0.717) is 12.3 Å². The highest BCUT2D eigenvalue weighted by molar-refractivity contribution is 5.91. The normalized spacial score (nSPS) is 24.8. The molecule has 1 heterocycles. The molecule has 0 saturated carbocycles. The summed E-state index contributed by atoms with van der Waals surface area (Å²) in [5.74, 6) is 0.844. The van der Waals surface area contributed by atoms with Crippen LogP contribution in [0.3, 0.4) is 0 Å². The third-order valence-corrected chi connectivity index (χ3v) is 5.48. The molecular weight excluding hydrogens is 382 g/mol. The Balaban J connectivity index is 2.22. The van der Waals surface area contributed by atoms with E-state index in [1.165, 1.54) is 5.56 Å². The average molecular weight is 420 g/mol. The van der Waals surface area contributed by atoms with Crippen LogP contribution in [0.25, 0.3) is 0 Å². The first-order chi connectivity index (χ1) is 13.9. The first-order valence-electron chi connectivity index (χ1n) is 10.5. The Morgan fingerprint density at radius 2 is 1.90 bits per heavy atom. The van der Waals surface area contributed by atoms with Gasteiger partial charge in [-0.15, -0.1) is 0 Å². The zero-order valence-electron chi connectivity index (χ0n) is 19.2. The molecule has 0 aliphatic carbocycles. The van der Waals surface area contributed by atoms with Crippen molar-refractivity contribution in [2.75, 3.05) is 13.7 Å². The van der Waals surface area contributed by atoms with Crippen LogP contribution in [0.15, 0.2) is 35.3 Å². The Labute approximate surface area is 180 Å². The number of amidine groups is 1. The number of rotatable bonds is 6. The van der Waals surface area contributed by atoms with Gasteiger partial charge in [0.2, 0.25) is 0 Å². The lowest BCUT2D eigenvalue weighted by atomic mass is 9.83. The Morgan fingerprint density at radius 3 is 2.47 bits per heavy atom. The molecule has 1 amide bonds. The lowest BCUT2D eigenvalue weighted by Crippen LogP contribution is -2.57. The van der Waals surface area contributed by atoms with Crippen LogP contribution >= 0.6 is 0 Å². The number of benzene rings is 1. The Hall–Kier alpha value is -2.12. The van der Waals surface area contributed by atoms with Crippen LogP contribution in [0.1, 0.15) is 59.4 Å². The summed E-state index contributed by atoms with van der Waals surface area (Å²) in [5, 5.41) is 16.8. The van der Waals surface area contributed by atoms with Crippen molar-refractivity contribution in [3.63, 3.8) is 0 Å². The van der Waals surface area contributed by atoms with Gasteiger partial charge in [0.05, 0.1) is 18.2 Å². The van der Waals surface area contributed by atoms with E-state index in [0.717, 1.165) is 0 Å². The largest absolute Gasteiger partial charge is 0.444 e. The number of piperidine rings is 1. The van der Waals surface area contributed by atoms with Crippen molar-refractivity contribution in [1.82, 2.24) is 10.6 Å². The summed E-state index contributed by atoms with van der Waals surface area (Å²) >= 11 is 0. The maximum atomic E-state index is 12.5. The van der Waals surface area contributed by atoms with Crippen molar-refractivity contribution in [3.8, 4) is 0 Å². The van der Waals surface area contributed by atoms with E-state index in [9.17, 15) is 9.90 Å². The molecule has 7 nitrogen and oxygen atoms in total. The third kappa shape index (κ3) is 6.71. The Morgan fingerprint density at radius 1 is 1.27 bits per heavy atom.